The van der Waals surface area contributed by atoms with E-state index in [-0.39, 0.29) is 49.8 Å². The fraction of sp³-hybridized carbons (Fsp3) is 0.500. The molecular formula is C38H52N6O5. The van der Waals surface area contributed by atoms with Gasteiger partial charge in [0.2, 0.25) is 23.6 Å². The van der Waals surface area contributed by atoms with Gasteiger partial charge in [-0.1, -0.05) is 82.6 Å². The number of unbranched alkanes of at least 4 members (excludes halogenated alkanes) is 1. The van der Waals surface area contributed by atoms with Crippen LogP contribution in [0.15, 0.2) is 60.8 Å². The van der Waals surface area contributed by atoms with E-state index in [0.29, 0.717) is 25.9 Å². The van der Waals surface area contributed by atoms with Crippen molar-refractivity contribution in [2.24, 2.45) is 17.1 Å². The fourth-order valence-corrected chi connectivity index (χ4v) is 6.14. The number of para-hydroxylation sites is 1. The number of H-pyrrole nitrogens is 1. The zero-order chi connectivity index (χ0) is 35.6. The second kappa shape index (κ2) is 17.2. The number of rotatable bonds is 15. The van der Waals surface area contributed by atoms with E-state index in [1.165, 1.54) is 0 Å². The third kappa shape index (κ3) is 9.78. The van der Waals surface area contributed by atoms with E-state index in [4.69, 9.17) is 5.73 Å². The minimum absolute atomic E-state index is 0.0538. The van der Waals surface area contributed by atoms with E-state index in [1.54, 1.807) is 13.8 Å². The van der Waals surface area contributed by atoms with Gasteiger partial charge in [0.1, 0.15) is 18.1 Å². The van der Waals surface area contributed by atoms with Gasteiger partial charge in [0.25, 0.3) is 5.91 Å². The van der Waals surface area contributed by atoms with Gasteiger partial charge < -0.3 is 26.7 Å². The molecule has 1 aliphatic heterocycles. The van der Waals surface area contributed by atoms with Crippen molar-refractivity contribution < 1.29 is 24.0 Å². The van der Waals surface area contributed by atoms with Crippen LogP contribution in [0.2, 0.25) is 0 Å². The van der Waals surface area contributed by atoms with Gasteiger partial charge in [-0.2, -0.15) is 0 Å². The topological polar surface area (TPSA) is 166 Å². The maximum atomic E-state index is 14.5. The fourth-order valence-electron chi connectivity index (χ4n) is 6.14. The number of carbonyl (C=O) groups excluding carboxylic acids is 5. The number of nitrogens with one attached hydrogen (secondary N) is 4. The number of benzene rings is 2. The Hall–Kier alpha value is -4.51. The summed E-state index contributed by atoms with van der Waals surface area (Å²) < 4.78 is 0. The summed E-state index contributed by atoms with van der Waals surface area (Å²) in [6.45, 7) is 8.27. The van der Waals surface area contributed by atoms with Crippen LogP contribution in [0.5, 0.6) is 0 Å². The zero-order valence-corrected chi connectivity index (χ0v) is 29.2. The van der Waals surface area contributed by atoms with Gasteiger partial charge in [-0.15, -0.1) is 0 Å². The van der Waals surface area contributed by atoms with E-state index in [0.717, 1.165) is 33.4 Å². The van der Waals surface area contributed by atoms with Gasteiger partial charge in [-0.05, 0) is 55.3 Å². The van der Waals surface area contributed by atoms with Gasteiger partial charge in [0.15, 0.2) is 0 Å². The highest BCUT2D eigenvalue weighted by Gasteiger charge is 2.45. The monoisotopic (exact) mass is 672 g/mol. The van der Waals surface area contributed by atoms with Crippen molar-refractivity contribution in [3.8, 4) is 0 Å². The maximum absolute atomic E-state index is 14.5. The first-order valence-corrected chi connectivity index (χ1v) is 17.5. The minimum atomic E-state index is -1.23. The number of nitrogens with zero attached hydrogens (tertiary/aromatic N) is 1. The van der Waals surface area contributed by atoms with Gasteiger partial charge in [0, 0.05) is 48.3 Å². The average Bonchev–Trinajstić information content (AvgIpc) is 3.51. The summed E-state index contributed by atoms with van der Waals surface area (Å²) in [6, 6.07) is 13.7. The first kappa shape index (κ1) is 37.3. The number of aromatic nitrogens is 1. The van der Waals surface area contributed by atoms with Crippen LogP contribution >= 0.6 is 0 Å². The van der Waals surface area contributed by atoms with Crippen LogP contribution in [0.25, 0.3) is 10.9 Å². The van der Waals surface area contributed by atoms with Gasteiger partial charge in [-0.25, -0.2) is 0 Å². The molecule has 0 spiro atoms. The predicted molar refractivity (Wildman–Crippen MR) is 190 cm³/mol. The van der Waals surface area contributed by atoms with Gasteiger partial charge in [0.05, 0.1) is 0 Å². The summed E-state index contributed by atoms with van der Waals surface area (Å²) in [5.41, 5.74) is 7.26. The molecule has 2 aromatic carbocycles. The third-order valence-corrected chi connectivity index (χ3v) is 9.53. The third-order valence-electron chi connectivity index (χ3n) is 9.53. The number of hydrogen-bond donors (Lipinski definition) is 5. The number of nitrogens with two attached hydrogens (primary N) is 1. The Balaban J connectivity index is 1.72. The van der Waals surface area contributed by atoms with Crippen molar-refractivity contribution in [1.82, 2.24) is 25.8 Å². The molecular weight excluding hydrogens is 620 g/mol. The quantitative estimate of drug-likeness (QED) is 0.122. The number of imide groups is 1. The predicted octanol–water partition coefficient (Wildman–Crippen LogP) is 3.76. The van der Waals surface area contributed by atoms with E-state index < -0.39 is 41.3 Å². The first-order valence-electron chi connectivity index (χ1n) is 17.5. The summed E-state index contributed by atoms with van der Waals surface area (Å²) in [5, 5.41) is 9.72. The molecule has 6 N–H and O–H groups in total. The Morgan fingerprint density at radius 2 is 1.73 bits per heavy atom. The largest absolute Gasteiger partial charge is 0.361 e. The first-order chi connectivity index (χ1) is 23.4. The summed E-state index contributed by atoms with van der Waals surface area (Å²) >= 11 is 0. The Labute approximate surface area is 289 Å². The summed E-state index contributed by atoms with van der Waals surface area (Å²) in [4.78, 5) is 74.4. The average molecular weight is 673 g/mol. The molecule has 0 bridgehead atoms. The molecule has 11 nitrogen and oxygen atoms in total. The van der Waals surface area contributed by atoms with Gasteiger partial charge in [-0.3, -0.25) is 28.9 Å². The van der Waals surface area contributed by atoms with Crippen molar-refractivity contribution in [3.05, 3.63) is 71.9 Å². The Kier molecular flexibility index (Phi) is 13.1. The minimum Gasteiger partial charge on any atom is -0.361 e. The van der Waals surface area contributed by atoms with Crippen LogP contribution < -0.4 is 21.7 Å². The molecule has 264 valence electrons. The number of aromatic amines is 1. The number of fused-ring (bicyclic) bond motifs is 1. The standard InChI is InChI=1S/C38H52N6O5/c1-5-25(2)23-41-34(46)30(22-27-24-40-29-16-10-9-15-28(27)29)43-35(47)32(17-11-12-20-39)44-36(48)31(21-26-13-7-6-8-14-26)42-33(45)18-19-38(3,4)37(44)49/h6-10,13-16,24-25,30-32,40H,5,11-12,17-23,39H2,1-4H3,(H,41,46)(H,42,45)(H,43,47)/t25?,30-,31-,32-/m0/s1. The van der Waals surface area contributed by atoms with Crippen molar-refractivity contribution in [2.45, 2.75) is 97.2 Å². The van der Waals surface area contributed by atoms with Crippen LogP contribution in [-0.2, 0) is 36.8 Å². The van der Waals surface area contributed by atoms with Crippen molar-refractivity contribution in [2.75, 3.05) is 13.1 Å². The molecule has 1 fully saturated rings. The zero-order valence-electron chi connectivity index (χ0n) is 29.2. The lowest BCUT2D eigenvalue weighted by atomic mass is 9.85. The summed E-state index contributed by atoms with van der Waals surface area (Å²) in [5.74, 6) is -2.25. The molecule has 3 aromatic rings. The highest BCUT2D eigenvalue weighted by molar-refractivity contribution is 6.06. The molecule has 1 aromatic heterocycles. The Morgan fingerprint density at radius 1 is 1.02 bits per heavy atom. The van der Waals surface area contributed by atoms with E-state index in [2.05, 4.69) is 20.9 Å². The van der Waals surface area contributed by atoms with E-state index in [1.807, 2.05) is 74.6 Å². The summed E-state index contributed by atoms with van der Waals surface area (Å²) in [6.07, 6.45) is 4.48. The molecule has 1 aliphatic rings. The molecule has 0 saturated carbocycles. The van der Waals surface area contributed by atoms with Crippen LogP contribution in [0.1, 0.15) is 77.3 Å². The molecule has 0 radical (unpaired) electrons. The Morgan fingerprint density at radius 3 is 2.45 bits per heavy atom. The lowest BCUT2D eigenvalue weighted by Crippen LogP contribution is -2.61. The molecule has 4 atom stereocenters. The van der Waals surface area contributed by atoms with Crippen molar-refractivity contribution in [1.29, 1.82) is 0 Å². The van der Waals surface area contributed by atoms with Crippen LogP contribution in [-0.4, -0.2) is 70.6 Å². The van der Waals surface area contributed by atoms with E-state index in [9.17, 15) is 24.0 Å². The molecule has 49 heavy (non-hydrogen) atoms. The van der Waals surface area contributed by atoms with Crippen LogP contribution in [0.3, 0.4) is 0 Å². The molecule has 5 amide bonds. The second-order valence-electron chi connectivity index (χ2n) is 13.9. The highest BCUT2D eigenvalue weighted by Crippen LogP contribution is 2.30. The second-order valence-corrected chi connectivity index (χ2v) is 13.9. The number of hydrogen-bond acceptors (Lipinski definition) is 6. The molecule has 11 heteroatoms. The maximum Gasteiger partial charge on any atom is 0.252 e. The normalized spacial score (nSPS) is 18.5. The molecule has 1 unspecified atom stereocenters. The molecule has 2 heterocycles. The van der Waals surface area contributed by atoms with Crippen LogP contribution in [0.4, 0.5) is 0 Å². The lowest BCUT2D eigenvalue weighted by molar-refractivity contribution is -0.158. The van der Waals surface area contributed by atoms with E-state index >= 15 is 0 Å². The molecule has 1 saturated heterocycles. The lowest BCUT2D eigenvalue weighted by Gasteiger charge is -2.36. The van der Waals surface area contributed by atoms with Crippen LogP contribution in [0, 0.1) is 11.3 Å². The Bertz CT molecular complexity index is 1600. The number of carbonyl (C=O) groups is 5. The van der Waals surface area contributed by atoms with Crippen molar-refractivity contribution in [3.63, 3.8) is 0 Å². The number of amides is 5. The summed E-state index contributed by atoms with van der Waals surface area (Å²) in [7, 11) is 0. The van der Waals surface area contributed by atoms with Crippen molar-refractivity contribution >= 4 is 40.4 Å². The molecule has 4 rings (SSSR count). The highest BCUT2D eigenvalue weighted by atomic mass is 16.2. The smallest absolute Gasteiger partial charge is 0.252 e. The molecule has 0 aliphatic carbocycles. The van der Waals surface area contributed by atoms with Gasteiger partial charge >= 0.3 is 0 Å². The SMILES string of the molecule is CCC(C)CNC(=O)[C@H](Cc1c[nH]c2ccccc12)NC(=O)[C@H](CCCCN)N1C(=O)[C@H](Cc2ccccc2)NC(=O)CCC(C)(C)C1=O.